The van der Waals surface area contributed by atoms with E-state index in [1.54, 1.807) is 12.1 Å². The van der Waals surface area contributed by atoms with Crippen LogP contribution in [-0.4, -0.2) is 11.5 Å². The van der Waals surface area contributed by atoms with Crippen molar-refractivity contribution < 1.29 is 8.81 Å². The van der Waals surface area contributed by atoms with E-state index in [4.69, 9.17) is 4.42 Å². The van der Waals surface area contributed by atoms with E-state index in [-0.39, 0.29) is 5.82 Å². The summed E-state index contributed by atoms with van der Waals surface area (Å²) in [5, 5.41) is 3.65. The van der Waals surface area contributed by atoms with Gasteiger partial charge >= 0.3 is 0 Å². The molecule has 1 aromatic carbocycles. The maximum absolute atomic E-state index is 14.0. The summed E-state index contributed by atoms with van der Waals surface area (Å²) in [5.74, 6) is 0.528. The molecular formula is C14H17FN2OS. The molecule has 0 unspecified atom stereocenters. The van der Waals surface area contributed by atoms with Gasteiger partial charge in [-0.2, -0.15) is 0 Å². The summed E-state index contributed by atoms with van der Waals surface area (Å²) in [6, 6.07) is 5.23. The summed E-state index contributed by atoms with van der Waals surface area (Å²) < 4.78 is 19.4. The van der Waals surface area contributed by atoms with Crippen LogP contribution in [-0.2, 0) is 6.54 Å². The largest absolute Gasteiger partial charge is 0.436 e. The van der Waals surface area contributed by atoms with Crippen LogP contribution in [0.4, 0.5) is 4.39 Å². The fourth-order valence-electron chi connectivity index (χ4n) is 1.59. The van der Waals surface area contributed by atoms with Crippen LogP contribution in [0.1, 0.15) is 23.9 Å². The molecule has 0 aliphatic rings. The first kappa shape index (κ1) is 14.1. The van der Waals surface area contributed by atoms with Gasteiger partial charge in [0.1, 0.15) is 11.6 Å². The van der Waals surface area contributed by atoms with Gasteiger partial charge in [0.2, 0.25) is 0 Å². The van der Waals surface area contributed by atoms with E-state index < -0.39 is 0 Å². The number of halogens is 1. The molecule has 0 fully saturated rings. The van der Waals surface area contributed by atoms with Crippen LogP contribution in [0.15, 0.2) is 32.7 Å². The smallest absolute Gasteiger partial charge is 0.261 e. The van der Waals surface area contributed by atoms with Crippen LogP contribution in [0.25, 0.3) is 0 Å². The predicted octanol–water partition coefficient (Wildman–Crippen LogP) is 3.69. The van der Waals surface area contributed by atoms with Gasteiger partial charge < -0.3 is 9.73 Å². The Morgan fingerprint density at radius 3 is 2.74 bits per heavy atom. The summed E-state index contributed by atoms with van der Waals surface area (Å²) in [6.07, 6.45) is 0. The van der Waals surface area contributed by atoms with Gasteiger partial charge in [-0.05, 0) is 49.9 Å². The molecule has 102 valence electrons. The third kappa shape index (κ3) is 3.58. The van der Waals surface area contributed by atoms with Crippen LogP contribution < -0.4 is 5.32 Å². The van der Waals surface area contributed by atoms with Crippen LogP contribution in [0, 0.1) is 19.7 Å². The van der Waals surface area contributed by atoms with Crippen molar-refractivity contribution in [2.45, 2.75) is 37.4 Å². The molecule has 0 spiro atoms. The summed E-state index contributed by atoms with van der Waals surface area (Å²) in [7, 11) is 0. The van der Waals surface area contributed by atoms with Crippen molar-refractivity contribution >= 4 is 11.8 Å². The molecule has 2 aromatic rings. The number of rotatable bonds is 5. The molecule has 1 N–H and O–H groups in total. The zero-order valence-corrected chi connectivity index (χ0v) is 12.1. The van der Waals surface area contributed by atoms with E-state index in [0.29, 0.717) is 16.7 Å². The van der Waals surface area contributed by atoms with Crippen LogP contribution >= 0.6 is 11.8 Å². The van der Waals surface area contributed by atoms with Crippen molar-refractivity contribution in [1.82, 2.24) is 10.3 Å². The molecule has 0 bridgehead atoms. The van der Waals surface area contributed by atoms with Gasteiger partial charge in [0, 0.05) is 6.54 Å². The highest BCUT2D eigenvalue weighted by Crippen LogP contribution is 2.30. The topological polar surface area (TPSA) is 38.1 Å². The van der Waals surface area contributed by atoms with Crippen molar-refractivity contribution in [2.75, 3.05) is 6.54 Å². The molecule has 0 amide bonds. The van der Waals surface area contributed by atoms with Crippen molar-refractivity contribution in [3.05, 3.63) is 41.0 Å². The van der Waals surface area contributed by atoms with Crippen LogP contribution in [0.5, 0.6) is 0 Å². The monoisotopic (exact) mass is 280 g/mol. The zero-order chi connectivity index (χ0) is 13.8. The van der Waals surface area contributed by atoms with Gasteiger partial charge in [0.15, 0.2) is 0 Å². The highest BCUT2D eigenvalue weighted by Gasteiger charge is 2.11. The standard InChI is InChI=1S/C14H17FN2OS/c1-4-16-8-11-5-6-13(12(15)7-11)19-14-17-9(2)10(3)18-14/h5-7,16H,4,8H2,1-3H3. The fourth-order valence-corrected chi connectivity index (χ4v) is 2.42. The summed E-state index contributed by atoms with van der Waals surface area (Å²) in [5.41, 5.74) is 1.77. The molecule has 2 rings (SSSR count). The second-order valence-electron chi connectivity index (χ2n) is 4.27. The lowest BCUT2D eigenvalue weighted by atomic mass is 10.2. The van der Waals surface area contributed by atoms with Crippen LogP contribution in [0.3, 0.4) is 0 Å². The number of nitrogens with one attached hydrogen (secondary N) is 1. The van der Waals surface area contributed by atoms with E-state index in [9.17, 15) is 4.39 Å². The third-order valence-corrected chi connectivity index (χ3v) is 3.68. The number of nitrogens with zero attached hydrogens (tertiary/aromatic N) is 1. The Bertz CT molecular complexity index is 549. The average Bonchev–Trinajstić information content (AvgIpc) is 2.69. The molecule has 5 heteroatoms. The van der Waals surface area contributed by atoms with Gasteiger partial charge in [-0.25, -0.2) is 9.37 Å². The van der Waals surface area contributed by atoms with Gasteiger partial charge in [-0.1, -0.05) is 13.0 Å². The molecule has 0 saturated heterocycles. The number of aromatic nitrogens is 1. The molecule has 3 nitrogen and oxygen atoms in total. The van der Waals surface area contributed by atoms with E-state index in [1.165, 1.54) is 11.8 Å². The quantitative estimate of drug-likeness (QED) is 0.906. The number of benzene rings is 1. The molecular weight excluding hydrogens is 263 g/mol. The minimum absolute atomic E-state index is 0.242. The Morgan fingerprint density at radius 1 is 1.37 bits per heavy atom. The first-order chi connectivity index (χ1) is 9.10. The Morgan fingerprint density at radius 2 is 2.16 bits per heavy atom. The van der Waals surface area contributed by atoms with Crippen molar-refractivity contribution in [3.8, 4) is 0 Å². The van der Waals surface area contributed by atoms with Gasteiger partial charge in [0.05, 0.1) is 10.6 Å². The van der Waals surface area contributed by atoms with Crippen molar-refractivity contribution in [3.63, 3.8) is 0 Å². The summed E-state index contributed by atoms with van der Waals surface area (Å²) >= 11 is 1.21. The van der Waals surface area contributed by atoms with Crippen molar-refractivity contribution in [2.24, 2.45) is 0 Å². The van der Waals surface area contributed by atoms with E-state index in [0.717, 1.165) is 23.6 Å². The molecule has 1 heterocycles. The van der Waals surface area contributed by atoms with E-state index in [2.05, 4.69) is 10.3 Å². The maximum Gasteiger partial charge on any atom is 0.261 e. The maximum atomic E-state index is 14.0. The lowest BCUT2D eigenvalue weighted by Crippen LogP contribution is -2.11. The third-order valence-electron chi connectivity index (χ3n) is 2.78. The molecule has 0 aliphatic carbocycles. The molecule has 19 heavy (non-hydrogen) atoms. The number of hydrogen-bond donors (Lipinski definition) is 1. The molecule has 0 atom stereocenters. The Kier molecular flexibility index (Phi) is 4.61. The molecule has 1 aromatic heterocycles. The van der Waals surface area contributed by atoms with Gasteiger partial charge in [-0.15, -0.1) is 0 Å². The molecule has 0 aliphatic heterocycles. The van der Waals surface area contributed by atoms with Crippen LogP contribution in [0.2, 0.25) is 0 Å². The Labute approximate surface area is 116 Å². The minimum Gasteiger partial charge on any atom is -0.436 e. The lowest BCUT2D eigenvalue weighted by Gasteiger charge is -2.04. The first-order valence-corrected chi connectivity index (χ1v) is 7.02. The highest BCUT2D eigenvalue weighted by molar-refractivity contribution is 7.99. The Balaban J connectivity index is 2.12. The van der Waals surface area contributed by atoms with Gasteiger partial charge in [0.25, 0.3) is 5.22 Å². The van der Waals surface area contributed by atoms with Crippen molar-refractivity contribution in [1.29, 1.82) is 0 Å². The fraction of sp³-hybridized carbons (Fsp3) is 0.357. The van der Waals surface area contributed by atoms with E-state index in [1.807, 2.05) is 26.8 Å². The first-order valence-electron chi connectivity index (χ1n) is 6.21. The SMILES string of the molecule is CCNCc1ccc(Sc2nc(C)c(C)o2)c(F)c1. The summed E-state index contributed by atoms with van der Waals surface area (Å²) in [6.45, 7) is 7.29. The number of oxazole rings is 1. The summed E-state index contributed by atoms with van der Waals surface area (Å²) in [4.78, 5) is 4.77. The lowest BCUT2D eigenvalue weighted by molar-refractivity contribution is 0.430. The van der Waals surface area contributed by atoms with E-state index >= 15 is 0 Å². The predicted molar refractivity (Wildman–Crippen MR) is 73.9 cm³/mol. The normalized spacial score (nSPS) is 10.9. The second-order valence-corrected chi connectivity index (χ2v) is 5.26. The van der Waals surface area contributed by atoms with Gasteiger partial charge in [-0.3, -0.25) is 0 Å². The number of aryl methyl sites for hydroxylation is 2. The number of hydrogen-bond acceptors (Lipinski definition) is 4. The zero-order valence-electron chi connectivity index (χ0n) is 11.3. The molecule has 0 saturated carbocycles. The average molecular weight is 280 g/mol. The highest BCUT2D eigenvalue weighted by atomic mass is 32.2. The Hall–Kier alpha value is -1.33. The second kappa shape index (κ2) is 6.21. The molecule has 0 radical (unpaired) electrons. The minimum atomic E-state index is -0.242.